The van der Waals surface area contributed by atoms with Gasteiger partial charge in [0.1, 0.15) is 4.90 Å². The summed E-state index contributed by atoms with van der Waals surface area (Å²) in [5.41, 5.74) is 1.13. The van der Waals surface area contributed by atoms with E-state index in [2.05, 4.69) is 5.32 Å². The third-order valence-corrected chi connectivity index (χ3v) is 9.33. The number of ether oxygens (including phenoxy) is 2. The molecule has 1 aliphatic rings. The highest BCUT2D eigenvalue weighted by Gasteiger charge is 2.35. The fraction of sp³-hybridized carbons (Fsp3) is 0.179. The minimum Gasteiger partial charge on any atom is -0.493 e. The predicted octanol–water partition coefficient (Wildman–Crippen LogP) is 4.65. The fourth-order valence-corrected chi connectivity index (χ4v) is 6.50. The maximum absolute atomic E-state index is 13.2. The number of halogens is 1. The van der Waals surface area contributed by atoms with E-state index < -0.39 is 27.1 Å². The lowest BCUT2D eigenvalue weighted by Crippen LogP contribution is -2.37. The lowest BCUT2D eigenvalue weighted by Gasteiger charge is -2.20. The highest BCUT2D eigenvalue weighted by Crippen LogP contribution is 2.34. The molecule has 10 nitrogen and oxygen atoms in total. The number of thioether (sulfide) groups is 1. The highest BCUT2D eigenvalue weighted by atomic mass is 35.5. The molecular formula is C28H26ClN3O7S2. The summed E-state index contributed by atoms with van der Waals surface area (Å²) in [6.07, 6.45) is 1.58. The molecule has 13 heteroatoms. The van der Waals surface area contributed by atoms with E-state index in [1.165, 1.54) is 39.5 Å². The molecule has 0 bridgehead atoms. The van der Waals surface area contributed by atoms with Gasteiger partial charge in [-0.3, -0.25) is 23.6 Å². The predicted molar refractivity (Wildman–Crippen MR) is 158 cm³/mol. The summed E-state index contributed by atoms with van der Waals surface area (Å²) in [6.45, 7) is -0.121. The number of nitrogens with one attached hydrogen (secondary N) is 1. The van der Waals surface area contributed by atoms with Gasteiger partial charge < -0.3 is 14.8 Å². The van der Waals surface area contributed by atoms with Gasteiger partial charge in [-0.05, 0) is 65.9 Å². The van der Waals surface area contributed by atoms with E-state index in [0.29, 0.717) is 22.7 Å². The van der Waals surface area contributed by atoms with E-state index in [9.17, 15) is 22.8 Å². The quantitative estimate of drug-likeness (QED) is 0.327. The van der Waals surface area contributed by atoms with Crippen LogP contribution in [0.3, 0.4) is 0 Å². The number of hydrogen-bond donors (Lipinski definition) is 1. The van der Waals surface area contributed by atoms with Crippen LogP contribution in [0.2, 0.25) is 5.02 Å². The van der Waals surface area contributed by atoms with E-state index in [4.69, 9.17) is 21.1 Å². The topological polar surface area (TPSA) is 122 Å². The van der Waals surface area contributed by atoms with Crippen LogP contribution < -0.4 is 19.1 Å². The molecule has 3 aromatic carbocycles. The third kappa shape index (κ3) is 6.50. The van der Waals surface area contributed by atoms with Gasteiger partial charge in [0, 0.05) is 25.7 Å². The van der Waals surface area contributed by atoms with Crippen molar-refractivity contribution in [2.24, 2.45) is 0 Å². The molecule has 0 aliphatic carbocycles. The van der Waals surface area contributed by atoms with E-state index in [1.54, 1.807) is 54.6 Å². The smallest absolute Gasteiger partial charge is 0.293 e. The van der Waals surface area contributed by atoms with Gasteiger partial charge in [-0.2, -0.15) is 0 Å². The van der Waals surface area contributed by atoms with Crippen LogP contribution in [-0.4, -0.2) is 64.7 Å². The van der Waals surface area contributed by atoms with Crippen molar-refractivity contribution in [3.05, 3.63) is 87.8 Å². The largest absolute Gasteiger partial charge is 0.493 e. The zero-order chi connectivity index (χ0) is 29.7. The number of para-hydroxylation sites is 1. The molecule has 0 saturated carbocycles. The van der Waals surface area contributed by atoms with Crippen LogP contribution in [0, 0.1) is 0 Å². The number of carbonyl (C=O) groups excluding carboxylic acids is 3. The zero-order valence-electron chi connectivity index (χ0n) is 22.3. The Morgan fingerprint density at radius 2 is 1.73 bits per heavy atom. The molecule has 1 aliphatic heterocycles. The normalized spacial score (nSPS) is 14.3. The van der Waals surface area contributed by atoms with Crippen molar-refractivity contribution in [2.45, 2.75) is 4.90 Å². The minimum absolute atomic E-state index is 0.0385. The maximum Gasteiger partial charge on any atom is 0.293 e. The van der Waals surface area contributed by atoms with Crippen molar-refractivity contribution < 1.29 is 32.3 Å². The fourth-order valence-electron chi connectivity index (χ4n) is 3.94. The second kappa shape index (κ2) is 12.7. The Morgan fingerprint density at radius 1 is 1.02 bits per heavy atom. The molecule has 1 fully saturated rings. The number of benzene rings is 3. The van der Waals surface area contributed by atoms with Crippen molar-refractivity contribution in [2.75, 3.05) is 38.7 Å². The number of sulfonamides is 1. The van der Waals surface area contributed by atoms with Crippen LogP contribution in [0.5, 0.6) is 11.5 Å². The molecule has 3 aromatic rings. The van der Waals surface area contributed by atoms with Gasteiger partial charge in [0.15, 0.2) is 11.5 Å². The molecule has 1 saturated heterocycles. The summed E-state index contributed by atoms with van der Waals surface area (Å²) in [5.74, 6) is -0.0728. The maximum atomic E-state index is 13.2. The van der Waals surface area contributed by atoms with E-state index in [-0.39, 0.29) is 33.5 Å². The number of hydrogen-bond acceptors (Lipinski definition) is 8. The first-order valence-electron chi connectivity index (χ1n) is 12.2. The van der Waals surface area contributed by atoms with Crippen LogP contribution in [-0.2, 0) is 14.8 Å². The van der Waals surface area contributed by atoms with Gasteiger partial charge in [0.25, 0.3) is 27.1 Å². The van der Waals surface area contributed by atoms with Crippen LogP contribution in [0.15, 0.2) is 76.5 Å². The summed E-state index contributed by atoms with van der Waals surface area (Å²) in [4.78, 5) is 39.3. The highest BCUT2D eigenvalue weighted by molar-refractivity contribution is 8.18. The average molecular weight is 616 g/mol. The Morgan fingerprint density at radius 3 is 2.41 bits per heavy atom. The summed E-state index contributed by atoms with van der Waals surface area (Å²) in [5, 5.41) is 2.11. The first-order chi connectivity index (χ1) is 19.6. The number of imide groups is 1. The first kappa shape index (κ1) is 30.0. The van der Waals surface area contributed by atoms with Gasteiger partial charge in [-0.15, -0.1) is 0 Å². The second-order valence-corrected chi connectivity index (χ2v) is 12.0. The van der Waals surface area contributed by atoms with Gasteiger partial charge in [-0.1, -0.05) is 35.9 Å². The summed E-state index contributed by atoms with van der Waals surface area (Å²) in [7, 11) is 0.336. The molecule has 0 spiro atoms. The third-order valence-electron chi connectivity index (χ3n) is 6.15. The number of carbonyl (C=O) groups is 3. The molecule has 41 heavy (non-hydrogen) atoms. The van der Waals surface area contributed by atoms with Crippen molar-refractivity contribution >= 4 is 62.2 Å². The SMILES string of the molecule is COc1ccc(/C=C2/SC(=O)N(CCNC(=O)c3ccc(Cl)c(S(=O)(=O)N(C)c4ccccc4)c3)C2=O)cc1OC. The van der Waals surface area contributed by atoms with E-state index in [1.807, 2.05) is 0 Å². The van der Waals surface area contributed by atoms with Gasteiger partial charge in [0.05, 0.1) is 29.8 Å². The first-order valence-corrected chi connectivity index (χ1v) is 14.8. The Balaban J connectivity index is 1.42. The molecule has 1 N–H and O–H groups in total. The zero-order valence-corrected chi connectivity index (χ0v) is 24.7. The van der Waals surface area contributed by atoms with Crippen molar-refractivity contribution in [3.8, 4) is 11.5 Å². The summed E-state index contributed by atoms with van der Waals surface area (Å²) in [6, 6.07) is 17.5. The summed E-state index contributed by atoms with van der Waals surface area (Å²) < 4.78 is 38.0. The molecular weight excluding hydrogens is 590 g/mol. The van der Waals surface area contributed by atoms with Gasteiger partial charge in [-0.25, -0.2) is 8.42 Å². The molecule has 4 rings (SSSR count). The molecule has 0 unspecified atom stereocenters. The number of methoxy groups -OCH3 is 2. The van der Waals surface area contributed by atoms with Crippen LogP contribution in [0.1, 0.15) is 15.9 Å². The molecule has 1 heterocycles. The molecule has 0 atom stereocenters. The summed E-state index contributed by atoms with van der Waals surface area (Å²) >= 11 is 6.99. The van der Waals surface area contributed by atoms with Crippen molar-refractivity contribution in [1.82, 2.24) is 10.2 Å². The Bertz CT molecular complexity index is 1630. The molecule has 0 radical (unpaired) electrons. The Hall–Kier alpha value is -4.00. The standard InChI is InChI=1S/C28H26ClN3O7S2/c1-31(20-7-5-4-6-8-20)41(36,37)25-17-19(10-11-21(25)29)26(33)30-13-14-32-27(34)24(40-28(32)35)16-18-9-12-22(38-2)23(15-18)39-3/h4-12,15-17H,13-14H2,1-3H3,(H,30,33)/b24-16+. The number of anilines is 1. The lowest BCUT2D eigenvalue weighted by molar-refractivity contribution is -0.122. The number of rotatable bonds is 10. The van der Waals surface area contributed by atoms with Crippen molar-refractivity contribution in [3.63, 3.8) is 0 Å². The average Bonchev–Trinajstić information content (AvgIpc) is 3.24. The Labute approximate surface area is 246 Å². The van der Waals surface area contributed by atoms with Crippen LogP contribution in [0.4, 0.5) is 10.5 Å². The molecule has 0 aromatic heterocycles. The lowest BCUT2D eigenvalue weighted by atomic mass is 10.2. The molecule has 3 amide bonds. The molecule has 214 valence electrons. The van der Waals surface area contributed by atoms with Crippen LogP contribution in [0.25, 0.3) is 6.08 Å². The van der Waals surface area contributed by atoms with E-state index >= 15 is 0 Å². The van der Waals surface area contributed by atoms with E-state index in [0.717, 1.165) is 21.0 Å². The monoisotopic (exact) mass is 615 g/mol. The second-order valence-electron chi connectivity index (χ2n) is 8.66. The van der Waals surface area contributed by atoms with Crippen molar-refractivity contribution in [1.29, 1.82) is 0 Å². The van der Waals surface area contributed by atoms with Gasteiger partial charge in [0.2, 0.25) is 0 Å². The Kier molecular flexibility index (Phi) is 9.26. The number of nitrogens with zero attached hydrogens (tertiary/aromatic N) is 2. The minimum atomic E-state index is -4.07. The van der Waals surface area contributed by atoms with Gasteiger partial charge >= 0.3 is 0 Å². The van der Waals surface area contributed by atoms with Crippen LogP contribution >= 0.6 is 23.4 Å². The number of amides is 3.